The van der Waals surface area contributed by atoms with Gasteiger partial charge in [-0.1, -0.05) is 23.7 Å². The van der Waals surface area contributed by atoms with Crippen LogP contribution >= 0.6 is 22.9 Å². The second-order valence-electron chi connectivity index (χ2n) is 6.48. The number of para-hydroxylation sites is 2. The number of anilines is 1. The minimum absolute atomic E-state index is 0.0286. The second kappa shape index (κ2) is 7.77. The van der Waals surface area contributed by atoms with Gasteiger partial charge in [0, 0.05) is 6.54 Å². The summed E-state index contributed by atoms with van der Waals surface area (Å²) in [5.41, 5.74) is 0.868. The van der Waals surface area contributed by atoms with Crippen molar-refractivity contribution in [1.82, 2.24) is 9.55 Å². The Bertz CT molecular complexity index is 1250. The Hall–Kier alpha value is -2.84. The van der Waals surface area contributed by atoms with Gasteiger partial charge in [-0.15, -0.1) is 11.3 Å². The number of carbonyl (C=O) groups is 1. The molecule has 0 aliphatic heterocycles. The topological polar surface area (TPSA) is 46.9 Å². The zero-order valence-electron chi connectivity index (χ0n) is 15.6. The summed E-state index contributed by atoms with van der Waals surface area (Å²) in [7, 11) is 0. The van der Waals surface area contributed by atoms with Gasteiger partial charge in [0.25, 0.3) is 5.91 Å². The number of nitrogens with zero attached hydrogens (tertiary/aromatic N) is 2. The van der Waals surface area contributed by atoms with Gasteiger partial charge in [-0.2, -0.15) is 13.2 Å². The lowest BCUT2D eigenvalue weighted by molar-refractivity contribution is -0.137. The SMILES string of the molecule is CCn1c(-c2ccc(C(=O)Nc3cc(C(F)(F)F)ccc3Cl)s2)nc2ccccc21. The van der Waals surface area contributed by atoms with Gasteiger partial charge in [0.05, 0.1) is 37.1 Å². The third-order valence-electron chi connectivity index (χ3n) is 4.56. The Morgan fingerprint density at radius 3 is 2.67 bits per heavy atom. The number of benzene rings is 2. The Kier molecular flexibility index (Phi) is 5.29. The monoisotopic (exact) mass is 449 g/mol. The highest BCUT2D eigenvalue weighted by Gasteiger charge is 2.31. The van der Waals surface area contributed by atoms with Gasteiger partial charge in [0.2, 0.25) is 0 Å². The van der Waals surface area contributed by atoms with Gasteiger partial charge in [0.1, 0.15) is 0 Å². The lowest BCUT2D eigenvalue weighted by atomic mass is 10.2. The third kappa shape index (κ3) is 3.80. The summed E-state index contributed by atoms with van der Waals surface area (Å²) in [6.07, 6.45) is -4.53. The number of nitrogens with one attached hydrogen (secondary N) is 1. The normalized spacial score (nSPS) is 11.8. The maximum atomic E-state index is 12.9. The molecule has 9 heteroatoms. The molecule has 4 rings (SSSR count). The summed E-state index contributed by atoms with van der Waals surface area (Å²) in [5.74, 6) is 0.200. The van der Waals surface area contributed by atoms with Crippen LogP contribution in [0.4, 0.5) is 18.9 Å². The number of aromatic nitrogens is 2. The van der Waals surface area contributed by atoms with Crippen molar-refractivity contribution in [3.8, 4) is 10.7 Å². The zero-order valence-corrected chi connectivity index (χ0v) is 17.2. The number of fused-ring (bicyclic) bond motifs is 1. The van der Waals surface area contributed by atoms with E-state index in [9.17, 15) is 18.0 Å². The van der Waals surface area contributed by atoms with Crippen molar-refractivity contribution in [2.24, 2.45) is 0 Å². The fraction of sp³-hybridized carbons (Fsp3) is 0.143. The molecule has 0 aliphatic rings. The lowest BCUT2D eigenvalue weighted by Crippen LogP contribution is -2.12. The van der Waals surface area contributed by atoms with E-state index in [1.807, 2.05) is 35.8 Å². The molecule has 1 amide bonds. The highest BCUT2D eigenvalue weighted by atomic mass is 35.5. The molecule has 154 valence electrons. The van der Waals surface area contributed by atoms with Crippen molar-refractivity contribution in [1.29, 1.82) is 0 Å². The van der Waals surface area contributed by atoms with Gasteiger partial charge in [-0.25, -0.2) is 4.98 Å². The van der Waals surface area contributed by atoms with E-state index in [1.165, 1.54) is 11.3 Å². The van der Waals surface area contributed by atoms with Crippen molar-refractivity contribution in [2.75, 3.05) is 5.32 Å². The number of amides is 1. The summed E-state index contributed by atoms with van der Waals surface area (Å²) in [4.78, 5) is 18.4. The highest BCUT2D eigenvalue weighted by Crippen LogP contribution is 2.35. The molecular weight excluding hydrogens is 435 g/mol. The standard InChI is InChI=1S/C21H15ClF3N3OS/c1-2-28-16-6-4-3-5-14(16)26-19(28)17-9-10-18(30-17)20(29)27-15-11-12(21(23,24)25)7-8-13(15)22/h3-11H,2H2,1H3,(H,27,29). The quantitative estimate of drug-likeness (QED) is 0.376. The average Bonchev–Trinajstić information content (AvgIpc) is 3.33. The molecule has 2 aromatic carbocycles. The van der Waals surface area contributed by atoms with E-state index < -0.39 is 17.6 Å². The molecule has 30 heavy (non-hydrogen) atoms. The number of alkyl halides is 3. The largest absolute Gasteiger partial charge is 0.416 e. The van der Waals surface area contributed by atoms with Crippen LogP contribution in [-0.2, 0) is 12.7 Å². The Balaban J connectivity index is 1.63. The molecule has 0 atom stereocenters. The van der Waals surface area contributed by atoms with Gasteiger partial charge in [0.15, 0.2) is 5.82 Å². The number of thiophene rings is 1. The van der Waals surface area contributed by atoms with Crippen molar-refractivity contribution in [3.63, 3.8) is 0 Å². The minimum atomic E-state index is -4.53. The predicted molar refractivity (Wildman–Crippen MR) is 113 cm³/mol. The van der Waals surface area contributed by atoms with E-state index in [0.717, 1.165) is 39.9 Å². The molecule has 2 heterocycles. The van der Waals surface area contributed by atoms with Crippen LogP contribution in [0.25, 0.3) is 21.7 Å². The molecule has 1 N–H and O–H groups in total. The maximum Gasteiger partial charge on any atom is 0.416 e. The van der Waals surface area contributed by atoms with Crippen LogP contribution in [-0.4, -0.2) is 15.5 Å². The number of halogens is 4. The molecular formula is C21H15ClF3N3OS. The average molecular weight is 450 g/mol. The van der Waals surface area contributed by atoms with E-state index in [0.29, 0.717) is 11.4 Å². The Morgan fingerprint density at radius 2 is 1.93 bits per heavy atom. The summed E-state index contributed by atoms with van der Waals surface area (Å²) in [5, 5.41) is 2.50. The predicted octanol–water partition coefficient (Wildman–Crippen LogP) is 6.71. The Labute approximate surface area is 178 Å². The van der Waals surface area contributed by atoms with Gasteiger partial charge < -0.3 is 9.88 Å². The molecule has 0 radical (unpaired) electrons. The third-order valence-corrected chi connectivity index (χ3v) is 5.97. The molecule has 0 unspecified atom stereocenters. The highest BCUT2D eigenvalue weighted by molar-refractivity contribution is 7.17. The second-order valence-corrected chi connectivity index (χ2v) is 7.97. The van der Waals surface area contributed by atoms with Crippen LogP contribution < -0.4 is 5.32 Å². The summed E-state index contributed by atoms with van der Waals surface area (Å²) < 4.78 is 40.9. The fourth-order valence-electron chi connectivity index (χ4n) is 3.15. The fourth-order valence-corrected chi connectivity index (χ4v) is 4.21. The van der Waals surface area contributed by atoms with Crippen LogP contribution in [0.1, 0.15) is 22.2 Å². The maximum absolute atomic E-state index is 12.9. The first kappa shape index (κ1) is 20.4. The number of hydrogen-bond donors (Lipinski definition) is 1. The minimum Gasteiger partial charge on any atom is -0.324 e. The number of carbonyl (C=O) groups excluding carboxylic acids is 1. The van der Waals surface area contributed by atoms with Crippen LogP contribution in [0.3, 0.4) is 0 Å². The van der Waals surface area contributed by atoms with Crippen molar-refractivity contribution in [2.45, 2.75) is 19.6 Å². The van der Waals surface area contributed by atoms with Crippen LogP contribution in [0, 0.1) is 0 Å². The number of rotatable bonds is 4. The molecule has 0 spiro atoms. The summed E-state index contributed by atoms with van der Waals surface area (Å²) in [6.45, 7) is 2.71. The molecule has 0 saturated heterocycles. The smallest absolute Gasteiger partial charge is 0.324 e. The van der Waals surface area contributed by atoms with E-state index in [2.05, 4.69) is 10.3 Å². The van der Waals surface area contributed by atoms with Crippen molar-refractivity contribution >= 4 is 45.6 Å². The van der Waals surface area contributed by atoms with Gasteiger partial charge in [-0.05, 0) is 49.4 Å². The first-order valence-electron chi connectivity index (χ1n) is 9.01. The van der Waals surface area contributed by atoms with Crippen LogP contribution in [0.5, 0.6) is 0 Å². The van der Waals surface area contributed by atoms with E-state index in [-0.39, 0.29) is 10.7 Å². The van der Waals surface area contributed by atoms with Crippen molar-refractivity contribution in [3.05, 3.63) is 70.1 Å². The first-order chi connectivity index (χ1) is 14.3. The molecule has 0 saturated carbocycles. The molecule has 4 nitrogen and oxygen atoms in total. The number of imidazole rings is 1. The summed E-state index contributed by atoms with van der Waals surface area (Å²) in [6, 6.07) is 14.0. The van der Waals surface area contributed by atoms with Gasteiger partial charge in [-0.3, -0.25) is 4.79 Å². The van der Waals surface area contributed by atoms with E-state index in [1.54, 1.807) is 12.1 Å². The van der Waals surface area contributed by atoms with E-state index in [4.69, 9.17) is 11.6 Å². The van der Waals surface area contributed by atoms with Crippen LogP contribution in [0.2, 0.25) is 5.02 Å². The molecule has 0 bridgehead atoms. The zero-order chi connectivity index (χ0) is 21.5. The molecule has 4 aromatic rings. The number of hydrogen-bond acceptors (Lipinski definition) is 3. The lowest BCUT2D eigenvalue weighted by Gasteiger charge is -2.11. The van der Waals surface area contributed by atoms with Crippen LogP contribution in [0.15, 0.2) is 54.6 Å². The summed E-state index contributed by atoms with van der Waals surface area (Å²) >= 11 is 7.18. The first-order valence-corrected chi connectivity index (χ1v) is 10.2. The van der Waals surface area contributed by atoms with Gasteiger partial charge >= 0.3 is 6.18 Å². The molecule has 2 aromatic heterocycles. The molecule has 0 aliphatic carbocycles. The molecule has 0 fully saturated rings. The van der Waals surface area contributed by atoms with Crippen molar-refractivity contribution < 1.29 is 18.0 Å². The Morgan fingerprint density at radius 1 is 1.17 bits per heavy atom. The van der Waals surface area contributed by atoms with E-state index >= 15 is 0 Å². The number of aryl methyl sites for hydroxylation is 1.